The number of halogens is 1. The number of carbonyl (C=O) groups excluding carboxylic acids is 3. The number of nitrogens with one attached hydrogen (secondary N) is 3. The number of hydrogen-bond donors (Lipinski definition) is 3. The summed E-state index contributed by atoms with van der Waals surface area (Å²) in [6.07, 6.45) is 0.0581. The average molecular weight is 473 g/mol. The highest BCUT2D eigenvalue weighted by Crippen LogP contribution is 2.29. The van der Waals surface area contributed by atoms with Gasteiger partial charge in [0.1, 0.15) is 0 Å². The molecule has 3 N–H and O–H groups in total. The first-order valence-electron chi connectivity index (χ1n) is 10.5. The minimum atomic E-state index is -0.471. The largest absolute Gasteiger partial charge is 0.326 e. The highest BCUT2D eigenvalue weighted by Gasteiger charge is 2.16. The summed E-state index contributed by atoms with van der Waals surface area (Å²) in [7, 11) is 0. The molecule has 0 spiro atoms. The van der Waals surface area contributed by atoms with E-state index in [1.807, 2.05) is 36.4 Å². The first kappa shape index (κ1) is 22.9. The van der Waals surface area contributed by atoms with Crippen LogP contribution in [0.4, 0.5) is 5.69 Å². The molecule has 0 saturated heterocycles. The van der Waals surface area contributed by atoms with Crippen LogP contribution in [0, 0.1) is 0 Å². The zero-order valence-electron chi connectivity index (χ0n) is 18.3. The number of amides is 3. The van der Waals surface area contributed by atoms with Crippen molar-refractivity contribution in [2.24, 2.45) is 0 Å². The molecule has 1 aromatic heterocycles. The van der Waals surface area contributed by atoms with E-state index in [-0.39, 0.29) is 18.2 Å². The Labute approximate surface area is 201 Å². The number of pyridine rings is 1. The second-order valence-corrected chi connectivity index (χ2v) is 8.02. The Morgan fingerprint density at radius 1 is 0.882 bits per heavy atom. The normalized spacial score (nSPS) is 10.5. The summed E-state index contributed by atoms with van der Waals surface area (Å²) in [6, 6.07) is 23.1. The highest BCUT2D eigenvalue weighted by molar-refractivity contribution is 6.33. The Hall–Kier alpha value is -4.23. The Balaban J connectivity index is 1.50. The van der Waals surface area contributed by atoms with Crippen molar-refractivity contribution in [2.45, 2.75) is 13.3 Å². The van der Waals surface area contributed by atoms with Crippen molar-refractivity contribution in [1.29, 1.82) is 0 Å². The quantitative estimate of drug-likeness (QED) is 0.372. The molecule has 170 valence electrons. The Morgan fingerprint density at radius 2 is 1.59 bits per heavy atom. The van der Waals surface area contributed by atoms with E-state index in [0.29, 0.717) is 38.4 Å². The van der Waals surface area contributed by atoms with Gasteiger partial charge in [-0.25, -0.2) is 4.98 Å². The fourth-order valence-electron chi connectivity index (χ4n) is 3.50. The smallest absolute Gasteiger partial charge is 0.270 e. The topological polar surface area (TPSA) is 100 Å². The molecule has 0 radical (unpaired) electrons. The summed E-state index contributed by atoms with van der Waals surface area (Å²) in [5.41, 5.74) is 8.57. The van der Waals surface area contributed by atoms with Gasteiger partial charge in [0.25, 0.3) is 5.91 Å². The predicted octanol–water partition coefficient (Wildman–Crippen LogP) is 4.52. The van der Waals surface area contributed by atoms with Crippen molar-refractivity contribution >= 4 is 45.9 Å². The zero-order valence-corrected chi connectivity index (χ0v) is 19.0. The number of aromatic nitrogens is 1. The number of anilines is 1. The van der Waals surface area contributed by atoms with Crippen LogP contribution in [0.15, 0.2) is 78.9 Å². The third-order valence-corrected chi connectivity index (χ3v) is 5.39. The minimum absolute atomic E-state index is 0.0581. The Bertz CT molecular complexity index is 1390. The molecule has 0 atom stereocenters. The van der Waals surface area contributed by atoms with E-state index in [1.165, 1.54) is 6.92 Å². The zero-order chi connectivity index (χ0) is 24.1. The van der Waals surface area contributed by atoms with Gasteiger partial charge in [-0.2, -0.15) is 0 Å². The second-order valence-electron chi connectivity index (χ2n) is 7.61. The molecular weight excluding hydrogens is 452 g/mol. The van der Waals surface area contributed by atoms with Crippen LogP contribution >= 0.6 is 11.6 Å². The molecule has 0 aliphatic rings. The van der Waals surface area contributed by atoms with Crippen LogP contribution in [-0.4, -0.2) is 22.7 Å². The lowest BCUT2D eigenvalue weighted by Gasteiger charge is -2.12. The Morgan fingerprint density at radius 3 is 2.32 bits per heavy atom. The third kappa shape index (κ3) is 5.39. The summed E-state index contributed by atoms with van der Waals surface area (Å²) in [5.74, 6) is -1.03. The van der Waals surface area contributed by atoms with Crippen LogP contribution in [0.25, 0.3) is 22.2 Å². The molecule has 0 bridgehead atoms. The molecule has 3 aromatic carbocycles. The van der Waals surface area contributed by atoms with Gasteiger partial charge in [-0.1, -0.05) is 60.1 Å². The van der Waals surface area contributed by atoms with Crippen LogP contribution in [-0.2, 0) is 16.0 Å². The molecule has 0 aliphatic heterocycles. The van der Waals surface area contributed by atoms with Crippen molar-refractivity contribution in [3.63, 3.8) is 0 Å². The number of carbonyl (C=O) groups is 3. The SMILES string of the molecule is CC(=O)Nc1ccc(CC(=O)NNC(=O)c2cc(-c3ccccc3Cl)nc3ccccc23)cc1. The number of benzene rings is 3. The first-order chi connectivity index (χ1) is 16.4. The number of hydrogen-bond acceptors (Lipinski definition) is 4. The predicted molar refractivity (Wildman–Crippen MR) is 132 cm³/mol. The van der Waals surface area contributed by atoms with Crippen LogP contribution < -0.4 is 16.2 Å². The van der Waals surface area contributed by atoms with Crippen molar-refractivity contribution in [1.82, 2.24) is 15.8 Å². The summed E-state index contributed by atoms with van der Waals surface area (Å²) in [5, 5.41) is 3.84. The molecule has 0 unspecified atom stereocenters. The average Bonchev–Trinajstić information content (AvgIpc) is 2.83. The van der Waals surface area contributed by atoms with Gasteiger partial charge in [-0.05, 0) is 35.9 Å². The summed E-state index contributed by atoms with van der Waals surface area (Å²) in [6.45, 7) is 1.42. The van der Waals surface area contributed by atoms with Crippen molar-refractivity contribution in [2.75, 3.05) is 5.32 Å². The molecule has 3 amide bonds. The van der Waals surface area contributed by atoms with E-state index < -0.39 is 5.91 Å². The molecule has 7 nitrogen and oxygen atoms in total. The van der Waals surface area contributed by atoms with Crippen LogP contribution in [0.2, 0.25) is 5.02 Å². The molecular formula is C26H21ClN4O3. The van der Waals surface area contributed by atoms with Gasteiger partial charge < -0.3 is 5.32 Å². The standard InChI is InChI=1S/C26H21ClN4O3/c1-16(32)28-18-12-10-17(11-13-18)14-25(33)30-31-26(34)21-15-24(20-7-2-4-8-22(20)27)29-23-9-5-3-6-19(21)23/h2-13,15H,14H2,1H3,(H,28,32)(H,30,33)(H,31,34). The number of para-hydroxylation sites is 1. The van der Waals surface area contributed by atoms with Gasteiger partial charge in [0, 0.05) is 28.6 Å². The van der Waals surface area contributed by atoms with Crippen molar-refractivity contribution in [3.05, 3.63) is 95.0 Å². The first-order valence-corrected chi connectivity index (χ1v) is 10.9. The summed E-state index contributed by atoms with van der Waals surface area (Å²) >= 11 is 6.34. The van der Waals surface area contributed by atoms with Crippen molar-refractivity contribution < 1.29 is 14.4 Å². The molecule has 8 heteroatoms. The van der Waals surface area contributed by atoms with E-state index in [9.17, 15) is 14.4 Å². The van der Waals surface area contributed by atoms with Gasteiger partial charge >= 0.3 is 0 Å². The van der Waals surface area contributed by atoms with Gasteiger partial charge in [-0.3, -0.25) is 25.2 Å². The van der Waals surface area contributed by atoms with Crippen LogP contribution in [0.1, 0.15) is 22.8 Å². The molecule has 1 heterocycles. The molecule has 34 heavy (non-hydrogen) atoms. The lowest BCUT2D eigenvalue weighted by atomic mass is 10.0. The second kappa shape index (κ2) is 10.1. The van der Waals surface area contributed by atoms with E-state index in [4.69, 9.17) is 11.6 Å². The lowest BCUT2D eigenvalue weighted by molar-refractivity contribution is -0.121. The maximum atomic E-state index is 13.0. The van der Waals surface area contributed by atoms with Crippen LogP contribution in [0.3, 0.4) is 0 Å². The highest BCUT2D eigenvalue weighted by atomic mass is 35.5. The van der Waals surface area contributed by atoms with E-state index in [1.54, 1.807) is 42.5 Å². The number of rotatable bonds is 5. The third-order valence-electron chi connectivity index (χ3n) is 5.07. The molecule has 0 fully saturated rings. The van der Waals surface area contributed by atoms with Gasteiger partial charge in [0.15, 0.2) is 0 Å². The fourth-order valence-corrected chi connectivity index (χ4v) is 3.74. The van der Waals surface area contributed by atoms with Gasteiger partial charge in [0.05, 0.1) is 23.2 Å². The minimum Gasteiger partial charge on any atom is -0.326 e. The van der Waals surface area contributed by atoms with Crippen molar-refractivity contribution in [3.8, 4) is 11.3 Å². The maximum Gasteiger partial charge on any atom is 0.270 e. The summed E-state index contributed by atoms with van der Waals surface area (Å²) in [4.78, 5) is 41.2. The molecule has 4 rings (SSSR count). The molecule has 0 saturated carbocycles. The number of hydrazine groups is 1. The van der Waals surface area contributed by atoms with Gasteiger partial charge in [-0.15, -0.1) is 0 Å². The Kier molecular flexibility index (Phi) is 6.85. The van der Waals surface area contributed by atoms with Crippen LogP contribution in [0.5, 0.6) is 0 Å². The number of nitrogens with zero attached hydrogens (tertiary/aromatic N) is 1. The fraction of sp³-hybridized carbons (Fsp3) is 0.0769. The summed E-state index contributed by atoms with van der Waals surface area (Å²) < 4.78 is 0. The monoisotopic (exact) mass is 472 g/mol. The number of fused-ring (bicyclic) bond motifs is 1. The van der Waals surface area contributed by atoms with E-state index >= 15 is 0 Å². The molecule has 4 aromatic rings. The lowest BCUT2D eigenvalue weighted by Crippen LogP contribution is -2.42. The van der Waals surface area contributed by atoms with E-state index in [2.05, 4.69) is 21.2 Å². The van der Waals surface area contributed by atoms with E-state index in [0.717, 1.165) is 5.56 Å². The maximum absolute atomic E-state index is 13.0. The van der Waals surface area contributed by atoms with Gasteiger partial charge in [0.2, 0.25) is 11.8 Å². The molecule has 0 aliphatic carbocycles.